The van der Waals surface area contributed by atoms with Gasteiger partial charge in [0.2, 0.25) is 0 Å². The maximum atomic E-state index is 13.7. The number of carbonyl (C=O) groups excluding carboxylic acids is 2. The van der Waals surface area contributed by atoms with Crippen molar-refractivity contribution in [3.05, 3.63) is 70.9 Å². The fourth-order valence-corrected chi connectivity index (χ4v) is 5.08. The molecule has 2 aliphatic heterocycles. The second-order valence-electron chi connectivity index (χ2n) is 10.1. The zero-order chi connectivity index (χ0) is 27.5. The van der Waals surface area contributed by atoms with Gasteiger partial charge in [0.15, 0.2) is 0 Å². The van der Waals surface area contributed by atoms with Gasteiger partial charge in [-0.2, -0.15) is 5.10 Å². The number of aliphatic hydroxyl groups excluding tert-OH is 1. The summed E-state index contributed by atoms with van der Waals surface area (Å²) in [4.78, 5) is 31.9. The van der Waals surface area contributed by atoms with Crippen molar-refractivity contribution in [2.24, 2.45) is 7.05 Å². The number of fused-ring (bicyclic) bond motifs is 2. The van der Waals surface area contributed by atoms with Crippen LogP contribution in [0.25, 0.3) is 0 Å². The molecule has 3 heterocycles. The monoisotopic (exact) mass is 535 g/mol. The number of carbonyl (C=O) groups is 2. The van der Waals surface area contributed by atoms with E-state index in [0.29, 0.717) is 44.8 Å². The predicted octanol–water partition coefficient (Wildman–Crippen LogP) is 2.79. The molecular weight excluding hydrogens is 501 g/mol. The first kappa shape index (κ1) is 26.6. The van der Waals surface area contributed by atoms with Crippen LogP contribution in [0.15, 0.2) is 48.7 Å². The maximum Gasteiger partial charge on any atom is 0.317 e. The number of rotatable bonds is 6. The van der Waals surface area contributed by atoms with Gasteiger partial charge < -0.3 is 25.5 Å². The lowest BCUT2D eigenvalue weighted by atomic mass is 10.0. The van der Waals surface area contributed by atoms with Crippen molar-refractivity contribution in [1.82, 2.24) is 24.9 Å². The SMILES string of the molecule is Cc1cc(C(=O)N2Cc3cnn(C)c3Nc3ccccc32)ccc1CNC(=O)N1CCN(CC(O)CF)CC1. The number of aromatic nitrogens is 2. The first-order valence-corrected chi connectivity index (χ1v) is 13.1. The fraction of sp³-hybridized carbons (Fsp3) is 0.393. The third kappa shape index (κ3) is 5.74. The smallest absolute Gasteiger partial charge is 0.317 e. The van der Waals surface area contributed by atoms with Crippen molar-refractivity contribution in [1.29, 1.82) is 0 Å². The summed E-state index contributed by atoms with van der Waals surface area (Å²) >= 11 is 0. The van der Waals surface area contributed by atoms with Crippen molar-refractivity contribution in [3.63, 3.8) is 0 Å². The van der Waals surface area contributed by atoms with E-state index in [1.54, 1.807) is 26.7 Å². The Balaban J connectivity index is 1.23. The highest BCUT2D eigenvalue weighted by Gasteiger charge is 2.27. The van der Waals surface area contributed by atoms with Crippen LogP contribution in [-0.4, -0.2) is 82.1 Å². The van der Waals surface area contributed by atoms with Crippen LogP contribution in [-0.2, 0) is 20.1 Å². The van der Waals surface area contributed by atoms with Crippen molar-refractivity contribution < 1.29 is 19.1 Å². The van der Waals surface area contributed by atoms with Crippen LogP contribution >= 0.6 is 0 Å². The summed E-state index contributed by atoms with van der Waals surface area (Å²) in [5.74, 6) is 0.745. The molecule has 5 rings (SSSR count). The van der Waals surface area contributed by atoms with Gasteiger partial charge in [-0.1, -0.05) is 18.2 Å². The molecule has 10 nitrogen and oxygen atoms in total. The summed E-state index contributed by atoms with van der Waals surface area (Å²) in [6.45, 7) is 4.40. The van der Waals surface area contributed by atoms with Gasteiger partial charge in [0.05, 0.1) is 30.2 Å². The molecule has 0 saturated carbocycles. The minimum absolute atomic E-state index is 0.115. The van der Waals surface area contributed by atoms with Crippen LogP contribution in [0.1, 0.15) is 27.0 Å². The van der Waals surface area contributed by atoms with Gasteiger partial charge in [0.25, 0.3) is 5.91 Å². The van der Waals surface area contributed by atoms with Gasteiger partial charge in [-0.25, -0.2) is 9.18 Å². The molecule has 39 heavy (non-hydrogen) atoms. The third-order valence-electron chi connectivity index (χ3n) is 7.36. The lowest BCUT2D eigenvalue weighted by Gasteiger charge is -2.35. The first-order chi connectivity index (χ1) is 18.8. The Morgan fingerprint density at radius 2 is 1.92 bits per heavy atom. The van der Waals surface area contributed by atoms with E-state index in [9.17, 15) is 19.1 Å². The first-order valence-electron chi connectivity index (χ1n) is 13.1. The number of β-amino-alcohol motifs (C(OH)–C–C–N with tert-alkyl or cyclic N) is 1. The van der Waals surface area contributed by atoms with Crippen LogP contribution in [0.2, 0.25) is 0 Å². The number of nitrogens with zero attached hydrogens (tertiary/aromatic N) is 5. The summed E-state index contributed by atoms with van der Waals surface area (Å²) in [5, 5.41) is 20.2. The lowest BCUT2D eigenvalue weighted by Crippen LogP contribution is -2.53. The Bertz CT molecular complexity index is 1350. The van der Waals surface area contributed by atoms with Crippen LogP contribution < -0.4 is 15.5 Å². The van der Waals surface area contributed by atoms with E-state index in [1.807, 2.05) is 55.3 Å². The van der Waals surface area contributed by atoms with Crippen molar-refractivity contribution in [2.45, 2.75) is 26.1 Å². The quantitative estimate of drug-likeness (QED) is 0.448. The molecule has 2 aromatic carbocycles. The number of alkyl halides is 1. The van der Waals surface area contributed by atoms with Crippen LogP contribution in [0.4, 0.5) is 26.4 Å². The minimum atomic E-state index is -0.984. The average molecular weight is 536 g/mol. The molecule has 3 aromatic rings. The van der Waals surface area contributed by atoms with Gasteiger partial charge in [0.1, 0.15) is 12.5 Å². The summed E-state index contributed by atoms with van der Waals surface area (Å²) in [7, 11) is 1.87. The zero-order valence-electron chi connectivity index (χ0n) is 22.2. The number of aliphatic hydroxyl groups is 1. The molecule has 0 bridgehead atoms. The van der Waals surface area contributed by atoms with E-state index >= 15 is 0 Å². The van der Waals surface area contributed by atoms with Crippen LogP contribution in [0.3, 0.4) is 0 Å². The third-order valence-corrected chi connectivity index (χ3v) is 7.36. The summed E-state index contributed by atoms with van der Waals surface area (Å²) in [6.07, 6.45) is 0.792. The summed E-state index contributed by atoms with van der Waals surface area (Å²) < 4.78 is 14.3. The van der Waals surface area contributed by atoms with E-state index in [0.717, 1.165) is 33.9 Å². The zero-order valence-corrected chi connectivity index (χ0v) is 22.2. The Kier molecular flexibility index (Phi) is 7.80. The molecule has 1 aromatic heterocycles. The largest absolute Gasteiger partial charge is 0.389 e. The number of aryl methyl sites for hydroxylation is 2. The number of urea groups is 1. The number of benzene rings is 2. The highest BCUT2D eigenvalue weighted by atomic mass is 19.1. The number of hydrogen-bond donors (Lipinski definition) is 3. The number of para-hydroxylation sites is 2. The fourth-order valence-electron chi connectivity index (χ4n) is 5.08. The van der Waals surface area contributed by atoms with E-state index in [-0.39, 0.29) is 18.5 Å². The molecule has 1 saturated heterocycles. The Morgan fingerprint density at radius 3 is 2.67 bits per heavy atom. The second kappa shape index (κ2) is 11.4. The molecule has 206 valence electrons. The molecule has 1 atom stereocenters. The standard InChI is InChI=1S/C28H34FN7O3/c1-19-13-20(7-8-21(19)15-30-28(39)35-11-9-34(10-12-35)18-23(37)14-29)27(38)36-17-22-16-31-33(2)26(22)32-24-5-3-4-6-25(24)36/h3-8,13,16,23,32,37H,9-12,14-15,17-18H2,1-2H3,(H,30,39). The lowest BCUT2D eigenvalue weighted by molar-refractivity contribution is 0.0666. The maximum absolute atomic E-state index is 13.7. The van der Waals surface area contributed by atoms with Gasteiger partial charge in [-0.15, -0.1) is 0 Å². The topological polar surface area (TPSA) is 106 Å². The Labute approximate surface area is 227 Å². The average Bonchev–Trinajstić information content (AvgIpc) is 3.19. The molecule has 1 fully saturated rings. The van der Waals surface area contributed by atoms with E-state index in [1.165, 1.54) is 0 Å². The minimum Gasteiger partial charge on any atom is -0.389 e. The van der Waals surface area contributed by atoms with Crippen LogP contribution in [0.5, 0.6) is 0 Å². The molecule has 0 spiro atoms. The van der Waals surface area contributed by atoms with Gasteiger partial charge in [0, 0.05) is 57.4 Å². The molecule has 11 heteroatoms. The molecular formula is C28H34FN7O3. The summed E-state index contributed by atoms with van der Waals surface area (Å²) in [6, 6.07) is 13.1. The normalized spacial score (nSPS) is 16.1. The van der Waals surface area contributed by atoms with Crippen molar-refractivity contribution >= 4 is 29.1 Å². The van der Waals surface area contributed by atoms with Crippen molar-refractivity contribution in [3.8, 4) is 0 Å². The number of piperazine rings is 1. The number of hydrogen-bond acceptors (Lipinski definition) is 6. The highest BCUT2D eigenvalue weighted by Crippen LogP contribution is 2.36. The van der Waals surface area contributed by atoms with Gasteiger partial charge in [-0.3, -0.25) is 14.4 Å². The number of anilines is 3. The van der Waals surface area contributed by atoms with E-state index in [4.69, 9.17) is 0 Å². The molecule has 0 radical (unpaired) electrons. The van der Waals surface area contributed by atoms with Gasteiger partial charge >= 0.3 is 6.03 Å². The number of amides is 3. The highest BCUT2D eigenvalue weighted by molar-refractivity contribution is 6.08. The molecule has 0 aliphatic carbocycles. The van der Waals surface area contributed by atoms with Gasteiger partial charge in [-0.05, 0) is 42.3 Å². The molecule has 3 amide bonds. The second-order valence-corrected chi connectivity index (χ2v) is 10.1. The number of halogens is 1. The molecule has 2 aliphatic rings. The summed E-state index contributed by atoms with van der Waals surface area (Å²) in [5.41, 5.74) is 4.97. The predicted molar refractivity (Wildman–Crippen MR) is 147 cm³/mol. The molecule has 3 N–H and O–H groups in total. The van der Waals surface area contributed by atoms with Crippen LogP contribution in [0, 0.1) is 6.92 Å². The Morgan fingerprint density at radius 1 is 1.15 bits per heavy atom. The molecule has 1 unspecified atom stereocenters. The van der Waals surface area contributed by atoms with E-state index < -0.39 is 12.8 Å². The van der Waals surface area contributed by atoms with E-state index in [2.05, 4.69) is 15.7 Å². The number of nitrogens with one attached hydrogen (secondary N) is 2. The Hall–Kier alpha value is -3.96. The van der Waals surface area contributed by atoms with Crippen molar-refractivity contribution in [2.75, 3.05) is 49.6 Å².